The molecule has 0 heterocycles. The van der Waals surface area contributed by atoms with E-state index in [9.17, 15) is 8.78 Å². The Labute approximate surface area is 112 Å². The maximum absolute atomic E-state index is 14.6. The van der Waals surface area contributed by atoms with Crippen LogP contribution in [0.2, 0.25) is 0 Å². The summed E-state index contributed by atoms with van der Waals surface area (Å²) in [7, 11) is 1.44. The van der Waals surface area contributed by atoms with Gasteiger partial charge >= 0.3 is 0 Å². The normalized spacial score (nSPS) is 18.5. The van der Waals surface area contributed by atoms with Crippen molar-refractivity contribution in [2.75, 3.05) is 13.7 Å². The van der Waals surface area contributed by atoms with E-state index in [2.05, 4.69) is 0 Å². The number of hydrogen-bond acceptors (Lipinski definition) is 2. The third kappa shape index (κ3) is 2.65. The number of benzene rings is 1. The zero-order chi connectivity index (χ0) is 13.9. The van der Waals surface area contributed by atoms with Crippen LogP contribution < -0.4 is 5.73 Å². The quantitative estimate of drug-likeness (QED) is 0.910. The molecule has 1 saturated carbocycles. The molecule has 4 heteroatoms. The molecule has 0 spiro atoms. The first kappa shape index (κ1) is 14.4. The van der Waals surface area contributed by atoms with Crippen molar-refractivity contribution in [2.45, 2.75) is 44.1 Å². The molecule has 0 atom stereocenters. The lowest BCUT2D eigenvalue weighted by Crippen LogP contribution is -2.38. The Morgan fingerprint density at radius 2 is 1.89 bits per heavy atom. The van der Waals surface area contributed by atoms with Gasteiger partial charge in [-0.1, -0.05) is 25.3 Å². The minimum atomic E-state index is -0.550. The molecule has 2 rings (SSSR count). The summed E-state index contributed by atoms with van der Waals surface area (Å²) in [5.74, 6) is -1.03. The second kappa shape index (κ2) is 5.97. The van der Waals surface area contributed by atoms with Gasteiger partial charge in [-0.3, -0.25) is 0 Å². The number of hydrogen-bond donors (Lipinski definition) is 1. The molecule has 0 unspecified atom stereocenters. The number of ether oxygens (including phenoxy) is 1. The van der Waals surface area contributed by atoms with Gasteiger partial charge in [-0.15, -0.1) is 0 Å². The minimum absolute atomic E-state index is 0.0124. The maximum atomic E-state index is 14.6. The summed E-state index contributed by atoms with van der Waals surface area (Å²) in [5.41, 5.74) is 6.15. The molecular weight excluding hydrogens is 248 g/mol. The van der Waals surface area contributed by atoms with Crippen molar-refractivity contribution in [1.82, 2.24) is 0 Å². The number of methoxy groups -OCH3 is 1. The lowest BCUT2D eigenvalue weighted by molar-refractivity contribution is 0.176. The average Bonchev–Trinajstić information content (AvgIpc) is 2.44. The van der Waals surface area contributed by atoms with Gasteiger partial charge in [0.15, 0.2) is 0 Å². The second-order valence-electron chi connectivity index (χ2n) is 5.37. The summed E-state index contributed by atoms with van der Waals surface area (Å²) in [5, 5.41) is 0. The molecule has 1 aromatic carbocycles. The van der Waals surface area contributed by atoms with Crippen LogP contribution in [-0.4, -0.2) is 13.7 Å². The van der Waals surface area contributed by atoms with Gasteiger partial charge in [-0.05, 0) is 24.5 Å². The Hall–Kier alpha value is -1.00. The van der Waals surface area contributed by atoms with E-state index < -0.39 is 11.6 Å². The monoisotopic (exact) mass is 269 g/mol. The fourth-order valence-corrected chi connectivity index (χ4v) is 3.10. The van der Waals surface area contributed by atoms with E-state index >= 15 is 0 Å². The van der Waals surface area contributed by atoms with Crippen LogP contribution in [0.1, 0.15) is 43.2 Å². The maximum Gasteiger partial charge on any atom is 0.135 e. The van der Waals surface area contributed by atoms with Crippen LogP contribution >= 0.6 is 0 Å². The number of nitrogens with two attached hydrogens (primary N) is 1. The Morgan fingerprint density at radius 3 is 2.47 bits per heavy atom. The van der Waals surface area contributed by atoms with Crippen molar-refractivity contribution in [3.8, 4) is 0 Å². The molecule has 0 amide bonds. The van der Waals surface area contributed by atoms with Crippen LogP contribution in [-0.2, 0) is 16.8 Å². The first-order valence-corrected chi connectivity index (χ1v) is 6.81. The van der Waals surface area contributed by atoms with E-state index in [0.29, 0.717) is 12.1 Å². The van der Waals surface area contributed by atoms with E-state index in [4.69, 9.17) is 10.5 Å². The molecular formula is C15H21F2NO. The summed E-state index contributed by atoms with van der Waals surface area (Å²) in [6, 6.07) is 2.89. The molecule has 1 aliphatic carbocycles. The predicted molar refractivity (Wildman–Crippen MR) is 70.9 cm³/mol. The highest BCUT2D eigenvalue weighted by molar-refractivity contribution is 5.34. The first-order valence-electron chi connectivity index (χ1n) is 6.81. The second-order valence-corrected chi connectivity index (χ2v) is 5.37. The molecule has 1 aliphatic rings. The molecule has 19 heavy (non-hydrogen) atoms. The molecule has 1 fully saturated rings. The molecule has 0 aromatic heterocycles. The zero-order valence-electron chi connectivity index (χ0n) is 11.3. The smallest absolute Gasteiger partial charge is 0.135 e. The zero-order valence-corrected chi connectivity index (χ0v) is 11.3. The highest BCUT2D eigenvalue weighted by Crippen LogP contribution is 2.40. The fourth-order valence-electron chi connectivity index (χ4n) is 3.10. The number of halogens is 2. The van der Waals surface area contributed by atoms with E-state index in [0.717, 1.165) is 32.1 Å². The average molecular weight is 269 g/mol. The van der Waals surface area contributed by atoms with Crippen LogP contribution in [0.5, 0.6) is 0 Å². The Balaban J connectivity index is 2.45. The SMILES string of the molecule is COCc1c(F)ccc(C2(CN)CCCCC2)c1F. The summed E-state index contributed by atoms with van der Waals surface area (Å²) in [6.45, 7) is 0.355. The van der Waals surface area contributed by atoms with Crippen LogP contribution in [0, 0.1) is 11.6 Å². The van der Waals surface area contributed by atoms with Gasteiger partial charge < -0.3 is 10.5 Å². The van der Waals surface area contributed by atoms with Gasteiger partial charge in [0.05, 0.1) is 6.61 Å². The summed E-state index contributed by atoms with van der Waals surface area (Å²) in [4.78, 5) is 0. The molecule has 0 radical (unpaired) electrons. The van der Waals surface area contributed by atoms with Crippen LogP contribution in [0.4, 0.5) is 8.78 Å². The van der Waals surface area contributed by atoms with Crippen molar-refractivity contribution in [1.29, 1.82) is 0 Å². The van der Waals surface area contributed by atoms with E-state index in [1.54, 1.807) is 6.07 Å². The van der Waals surface area contributed by atoms with Gasteiger partial charge in [0.1, 0.15) is 11.6 Å². The Morgan fingerprint density at radius 1 is 1.21 bits per heavy atom. The van der Waals surface area contributed by atoms with Crippen molar-refractivity contribution in [3.63, 3.8) is 0 Å². The van der Waals surface area contributed by atoms with Gasteiger partial charge in [0.25, 0.3) is 0 Å². The molecule has 2 nitrogen and oxygen atoms in total. The lowest BCUT2D eigenvalue weighted by Gasteiger charge is -2.37. The van der Waals surface area contributed by atoms with Crippen molar-refractivity contribution in [3.05, 3.63) is 34.9 Å². The van der Waals surface area contributed by atoms with Crippen LogP contribution in [0.15, 0.2) is 12.1 Å². The largest absolute Gasteiger partial charge is 0.380 e. The standard InChI is InChI=1S/C15H21F2NO/c1-19-9-11-13(16)6-5-12(14(11)17)15(10-18)7-3-2-4-8-15/h5-6H,2-4,7-10,18H2,1H3. The summed E-state index contributed by atoms with van der Waals surface area (Å²) in [6.07, 6.45) is 5.01. The summed E-state index contributed by atoms with van der Waals surface area (Å²) < 4.78 is 33.1. The molecule has 106 valence electrons. The van der Waals surface area contributed by atoms with Crippen LogP contribution in [0.25, 0.3) is 0 Å². The van der Waals surface area contributed by atoms with E-state index in [-0.39, 0.29) is 17.6 Å². The third-order valence-electron chi connectivity index (χ3n) is 4.25. The van der Waals surface area contributed by atoms with E-state index in [1.165, 1.54) is 13.2 Å². The van der Waals surface area contributed by atoms with Crippen molar-refractivity contribution < 1.29 is 13.5 Å². The first-order chi connectivity index (χ1) is 9.14. The predicted octanol–water partition coefficient (Wildman–Crippen LogP) is 3.27. The highest BCUT2D eigenvalue weighted by atomic mass is 19.1. The van der Waals surface area contributed by atoms with Gasteiger partial charge in [0.2, 0.25) is 0 Å². The molecule has 2 N–H and O–H groups in total. The van der Waals surface area contributed by atoms with Gasteiger partial charge in [-0.2, -0.15) is 0 Å². The van der Waals surface area contributed by atoms with Crippen molar-refractivity contribution >= 4 is 0 Å². The lowest BCUT2D eigenvalue weighted by atomic mass is 9.69. The highest BCUT2D eigenvalue weighted by Gasteiger charge is 2.35. The molecule has 0 aliphatic heterocycles. The topological polar surface area (TPSA) is 35.2 Å². The van der Waals surface area contributed by atoms with Crippen molar-refractivity contribution in [2.24, 2.45) is 5.73 Å². The summed E-state index contributed by atoms with van der Waals surface area (Å²) >= 11 is 0. The molecule has 0 saturated heterocycles. The fraction of sp³-hybridized carbons (Fsp3) is 0.600. The van der Waals surface area contributed by atoms with Crippen LogP contribution in [0.3, 0.4) is 0 Å². The van der Waals surface area contributed by atoms with Gasteiger partial charge in [0, 0.05) is 24.6 Å². The Kier molecular flexibility index (Phi) is 4.53. The van der Waals surface area contributed by atoms with Gasteiger partial charge in [-0.25, -0.2) is 8.78 Å². The molecule has 1 aromatic rings. The number of rotatable bonds is 4. The van der Waals surface area contributed by atoms with E-state index in [1.807, 2.05) is 0 Å². The Bertz CT molecular complexity index is 442. The molecule has 0 bridgehead atoms. The minimum Gasteiger partial charge on any atom is -0.380 e. The third-order valence-corrected chi connectivity index (χ3v) is 4.25.